The molecule has 1 fully saturated rings. The van der Waals surface area contributed by atoms with Gasteiger partial charge in [-0.3, -0.25) is 14.4 Å². The van der Waals surface area contributed by atoms with Gasteiger partial charge in [0.15, 0.2) is 17.8 Å². The second kappa shape index (κ2) is 12.2. The first kappa shape index (κ1) is 27.4. The summed E-state index contributed by atoms with van der Waals surface area (Å²) in [5, 5.41) is 12.4. The number of aromatic hydroxyl groups is 1. The highest BCUT2D eigenvalue weighted by Gasteiger charge is 2.42. The molecule has 3 rings (SSSR count). The monoisotopic (exact) mass is 514 g/mol. The Morgan fingerprint density at radius 2 is 1.84 bits per heavy atom. The Labute approximate surface area is 214 Å². The number of hydrogen-bond acceptors (Lipinski definition) is 10. The minimum atomic E-state index is -1.41. The third-order valence-electron chi connectivity index (χ3n) is 5.74. The summed E-state index contributed by atoms with van der Waals surface area (Å²) in [5.41, 5.74) is 0.398. The van der Waals surface area contributed by atoms with Crippen molar-refractivity contribution < 1.29 is 43.2 Å². The van der Waals surface area contributed by atoms with Gasteiger partial charge in [0, 0.05) is 6.07 Å². The molecular weight excluding hydrogens is 484 g/mol. The summed E-state index contributed by atoms with van der Waals surface area (Å²) in [6.45, 7) is 4.25. The van der Waals surface area contributed by atoms with Gasteiger partial charge < -0.3 is 29.4 Å². The maximum atomic E-state index is 13.2. The summed E-state index contributed by atoms with van der Waals surface area (Å²) >= 11 is 0. The molecule has 1 aliphatic heterocycles. The van der Waals surface area contributed by atoms with Crippen LogP contribution in [-0.4, -0.2) is 65.9 Å². The van der Waals surface area contributed by atoms with E-state index < -0.39 is 72.0 Å². The van der Waals surface area contributed by atoms with E-state index in [4.69, 9.17) is 18.9 Å². The first-order valence-electron chi connectivity index (χ1n) is 11.8. The molecule has 0 saturated carbocycles. The molecule has 0 radical (unpaired) electrons. The number of benzene rings is 1. The number of nitrogens with zero attached hydrogens (tertiary/aromatic N) is 1. The molecule has 37 heavy (non-hydrogen) atoms. The second-order valence-corrected chi connectivity index (χ2v) is 8.87. The molecule has 11 nitrogen and oxygen atoms in total. The van der Waals surface area contributed by atoms with Crippen molar-refractivity contribution in [3.05, 3.63) is 53.7 Å². The predicted molar refractivity (Wildman–Crippen MR) is 129 cm³/mol. The summed E-state index contributed by atoms with van der Waals surface area (Å²) in [4.78, 5) is 55.3. The quantitative estimate of drug-likeness (QED) is 0.414. The van der Waals surface area contributed by atoms with E-state index in [1.807, 2.05) is 30.3 Å². The molecule has 11 heteroatoms. The lowest BCUT2D eigenvalue weighted by molar-refractivity contribution is -0.176. The lowest BCUT2D eigenvalue weighted by Crippen LogP contribution is -2.47. The Morgan fingerprint density at radius 3 is 2.49 bits per heavy atom. The number of ether oxygens (including phenoxy) is 4. The molecule has 1 aliphatic rings. The third kappa shape index (κ3) is 6.96. The van der Waals surface area contributed by atoms with Gasteiger partial charge in [-0.25, -0.2) is 9.78 Å². The fraction of sp³-hybridized carbons (Fsp3) is 0.423. The maximum Gasteiger partial charge on any atom is 0.332 e. The Hall–Kier alpha value is -4.15. The van der Waals surface area contributed by atoms with Crippen LogP contribution in [0.3, 0.4) is 0 Å². The SMILES string of the molecule is COc1ccc(O)c(C(=O)N[C@H]2COC(=O)[C@H](Cc3ccccc3)[C@@H](OC(=O)C(C)C)[C@H](C)OC2=O)n1. The largest absolute Gasteiger partial charge is 0.505 e. The number of rotatable bonds is 7. The molecule has 1 aromatic carbocycles. The number of esters is 3. The van der Waals surface area contributed by atoms with Crippen LogP contribution in [0.2, 0.25) is 0 Å². The van der Waals surface area contributed by atoms with E-state index in [1.165, 1.54) is 26.2 Å². The highest BCUT2D eigenvalue weighted by Crippen LogP contribution is 2.25. The van der Waals surface area contributed by atoms with E-state index in [-0.39, 0.29) is 12.3 Å². The normalized spacial score (nSPS) is 22.1. The number of methoxy groups -OCH3 is 1. The van der Waals surface area contributed by atoms with Crippen LogP contribution in [0.4, 0.5) is 0 Å². The lowest BCUT2D eigenvalue weighted by atomic mass is 9.91. The van der Waals surface area contributed by atoms with Crippen molar-refractivity contribution in [2.45, 2.75) is 45.4 Å². The molecule has 1 saturated heterocycles. The summed E-state index contributed by atoms with van der Waals surface area (Å²) in [5.74, 6) is -4.96. The zero-order chi connectivity index (χ0) is 27.1. The molecule has 0 spiro atoms. The third-order valence-corrected chi connectivity index (χ3v) is 5.74. The topological polar surface area (TPSA) is 150 Å². The van der Waals surface area contributed by atoms with E-state index in [1.54, 1.807) is 13.8 Å². The van der Waals surface area contributed by atoms with Crippen LogP contribution in [-0.2, 0) is 35.0 Å². The van der Waals surface area contributed by atoms with Crippen molar-refractivity contribution in [2.24, 2.45) is 11.8 Å². The fourth-order valence-corrected chi connectivity index (χ4v) is 3.69. The molecule has 4 atom stereocenters. The van der Waals surface area contributed by atoms with Crippen molar-refractivity contribution >= 4 is 23.8 Å². The van der Waals surface area contributed by atoms with Crippen LogP contribution in [0.15, 0.2) is 42.5 Å². The van der Waals surface area contributed by atoms with Gasteiger partial charge in [0.2, 0.25) is 5.88 Å². The molecule has 2 aromatic rings. The summed E-state index contributed by atoms with van der Waals surface area (Å²) in [6.07, 6.45) is -2.02. The van der Waals surface area contributed by atoms with Crippen molar-refractivity contribution in [2.75, 3.05) is 13.7 Å². The Balaban J connectivity index is 1.87. The van der Waals surface area contributed by atoms with Gasteiger partial charge in [-0.2, -0.15) is 0 Å². The van der Waals surface area contributed by atoms with Crippen LogP contribution in [0.25, 0.3) is 0 Å². The summed E-state index contributed by atoms with van der Waals surface area (Å²) in [6, 6.07) is 10.2. The minimum absolute atomic E-state index is 0.0682. The molecule has 1 aromatic heterocycles. The van der Waals surface area contributed by atoms with Crippen LogP contribution < -0.4 is 10.1 Å². The molecule has 1 amide bonds. The number of cyclic esters (lactones) is 2. The average molecular weight is 515 g/mol. The number of nitrogens with one attached hydrogen (secondary N) is 1. The van der Waals surface area contributed by atoms with Gasteiger partial charge in [0.1, 0.15) is 24.4 Å². The Kier molecular flexibility index (Phi) is 9.05. The second-order valence-electron chi connectivity index (χ2n) is 8.87. The zero-order valence-electron chi connectivity index (χ0n) is 21.0. The van der Waals surface area contributed by atoms with Gasteiger partial charge in [-0.1, -0.05) is 44.2 Å². The molecular formula is C26H30N2O9. The maximum absolute atomic E-state index is 13.2. The molecule has 0 aliphatic carbocycles. The number of hydrogen-bond donors (Lipinski definition) is 2. The van der Waals surface area contributed by atoms with E-state index >= 15 is 0 Å². The number of carbonyl (C=O) groups excluding carboxylic acids is 4. The van der Waals surface area contributed by atoms with Crippen molar-refractivity contribution in [3.8, 4) is 11.6 Å². The Morgan fingerprint density at radius 1 is 1.14 bits per heavy atom. The lowest BCUT2D eigenvalue weighted by Gasteiger charge is -2.29. The fourth-order valence-electron chi connectivity index (χ4n) is 3.69. The van der Waals surface area contributed by atoms with E-state index in [0.717, 1.165) is 5.56 Å². The van der Waals surface area contributed by atoms with E-state index in [0.29, 0.717) is 0 Å². The van der Waals surface area contributed by atoms with E-state index in [9.17, 15) is 24.3 Å². The zero-order valence-corrected chi connectivity index (χ0v) is 21.0. The van der Waals surface area contributed by atoms with Crippen molar-refractivity contribution in [1.82, 2.24) is 10.3 Å². The smallest absolute Gasteiger partial charge is 0.332 e. The standard InChI is InChI=1S/C26H30N2O9/c1-14(2)24(31)37-22-15(3)36-26(33)18(27-23(30)21-19(29)10-11-20(28-21)34-4)13-35-25(32)17(22)12-16-8-6-5-7-9-16/h5-11,14-15,17-18,22,29H,12-13H2,1-4H3,(H,27,30)/t15-,17+,18-,22-/m0/s1. The highest BCUT2D eigenvalue weighted by molar-refractivity contribution is 5.97. The molecule has 2 N–H and O–H groups in total. The molecule has 2 heterocycles. The van der Waals surface area contributed by atoms with Crippen molar-refractivity contribution in [1.29, 1.82) is 0 Å². The molecule has 198 valence electrons. The number of amides is 1. The van der Waals surface area contributed by atoms with Gasteiger partial charge in [0.25, 0.3) is 5.91 Å². The Bertz CT molecular complexity index is 1140. The molecule has 0 unspecified atom stereocenters. The van der Waals surface area contributed by atoms with Gasteiger partial charge in [0.05, 0.1) is 13.0 Å². The number of carbonyl (C=O) groups is 4. The highest BCUT2D eigenvalue weighted by atomic mass is 16.6. The van der Waals surface area contributed by atoms with Crippen LogP contribution >= 0.6 is 0 Å². The number of aromatic nitrogens is 1. The van der Waals surface area contributed by atoms with Gasteiger partial charge in [-0.15, -0.1) is 0 Å². The average Bonchev–Trinajstić information content (AvgIpc) is 2.91. The first-order chi connectivity index (χ1) is 17.6. The van der Waals surface area contributed by atoms with Crippen LogP contribution in [0, 0.1) is 11.8 Å². The van der Waals surface area contributed by atoms with Gasteiger partial charge in [-0.05, 0) is 25.0 Å². The van der Waals surface area contributed by atoms with Crippen LogP contribution in [0.5, 0.6) is 11.6 Å². The summed E-state index contributed by atoms with van der Waals surface area (Å²) in [7, 11) is 1.34. The van der Waals surface area contributed by atoms with Crippen LogP contribution in [0.1, 0.15) is 36.8 Å². The first-order valence-corrected chi connectivity index (χ1v) is 11.8. The summed E-state index contributed by atoms with van der Waals surface area (Å²) < 4.78 is 21.5. The molecule has 0 bridgehead atoms. The minimum Gasteiger partial charge on any atom is -0.505 e. The number of pyridine rings is 1. The van der Waals surface area contributed by atoms with Gasteiger partial charge >= 0.3 is 17.9 Å². The van der Waals surface area contributed by atoms with E-state index in [2.05, 4.69) is 10.3 Å². The predicted octanol–water partition coefficient (Wildman–Crippen LogP) is 1.81. The van der Waals surface area contributed by atoms with Crippen molar-refractivity contribution in [3.63, 3.8) is 0 Å².